The van der Waals surface area contributed by atoms with Crippen LogP contribution in [0.2, 0.25) is 0 Å². The molecule has 1 amide bonds. The second-order valence-electron chi connectivity index (χ2n) is 6.01. The molecule has 8 heteroatoms. The van der Waals surface area contributed by atoms with Crippen molar-refractivity contribution in [3.8, 4) is 5.75 Å². The van der Waals surface area contributed by atoms with Crippen LogP contribution in [0.1, 0.15) is 12.0 Å². The van der Waals surface area contributed by atoms with Crippen LogP contribution in [0.3, 0.4) is 0 Å². The molecule has 3 aromatic rings. The fourth-order valence-electron chi connectivity index (χ4n) is 2.76. The van der Waals surface area contributed by atoms with Crippen molar-refractivity contribution in [3.63, 3.8) is 0 Å². The molecule has 0 fully saturated rings. The van der Waals surface area contributed by atoms with Gasteiger partial charge in [-0.3, -0.25) is 9.36 Å². The molecule has 0 bridgehead atoms. The number of rotatable bonds is 7. The fraction of sp³-hybridized carbons (Fsp3) is 0.263. The van der Waals surface area contributed by atoms with Crippen LogP contribution in [0.15, 0.2) is 57.7 Å². The quantitative estimate of drug-likeness (QED) is 0.635. The minimum absolute atomic E-state index is 0.0638. The number of carbonyl (C=O) groups excluding carboxylic acids is 1. The van der Waals surface area contributed by atoms with Gasteiger partial charge in [0, 0.05) is 26.6 Å². The smallest absolute Gasteiger partial charge is 0.419 e. The summed E-state index contributed by atoms with van der Waals surface area (Å²) < 4.78 is 35.2. The number of alkyl halides is 2. The fourth-order valence-corrected chi connectivity index (χ4v) is 2.76. The lowest BCUT2D eigenvalue weighted by molar-refractivity contribution is -0.130. The third-order valence-electron chi connectivity index (χ3n) is 4.12. The third kappa shape index (κ3) is 4.52. The maximum Gasteiger partial charge on any atom is 0.419 e. The summed E-state index contributed by atoms with van der Waals surface area (Å²) in [7, 11) is 1.64. The molecule has 0 saturated heterocycles. The molecule has 3 rings (SSSR count). The zero-order chi connectivity index (χ0) is 19.4. The topological polar surface area (TPSA) is 64.7 Å². The van der Waals surface area contributed by atoms with E-state index in [1.807, 2.05) is 0 Å². The average molecular weight is 376 g/mol. The van der Waals surface area contributed by atoms with Gasteiger partial charge in [-0.15, -0.1) is 0 Å². The Bertz CT molecular complexity index is 979. The third-order valence-corrected chi connectivity index (χ3v) is 4.12. The summed E-state index contributed by atoms with van der Waals surface area (Å²) in [5.41, 5.74) is 1.90. The van der Waals surface area contributed by atoms with E-state index in [4.69, 9.17) is 4.42 Å². The average Bonchev–Trinajstić information content (AvgIpc) is 2.96. The molecule has 0 aliphatic rings. The van der Waals surface area contributed by atoms with Gasteiger partial charge in [0.05, 0.1) is 5.52 Å². The number of nitrogens with zero attached hydrogens (tertiary/aromatic N) is 2. The zero-order valence-corrected chi connectivity index (χ0v) is 14.6. The van der Waals surface area contributed by atoms with E-state index in [2.05, 4.69) is 4.74 Å². The van der Waals surface area contributed by atoms with E-state index in [-0.39, 0.29) is 24.6 Å². The van der Waals surface area contributed by atoms with Gasteiger partial charge in [0.2, 0.25) is 5.91 Å². The van der Waals surface area contributed by atoms with Crippen molar-refractivity contribution in [2.45, 2.75) is 26.1 Å². The van der Waals surface area contributed by atoms with Gasteiger partial charge >= 0.3 is 12.4 Å². The lowest BCUT2D eigenvalue weighted by Gasteiger charge is -2.17. The number of fused-ring (bicyclic) bond motifs is 1. The highest BCUT2D eigenvalue weighted by Crippen LogP contribution is 2.16. The molecule has 1 aromatic heterocycles. The molecular formula is C19H18F2N2O4. The molecule has 0 atom stereocenters. The molecule has 27 heavy (non-hydrogen) atoms. The van der Waals surface area contributed by atoms with Crippen LogP contribution in [-0.2, 0) is 17.9 Å². The SMILES string of the molecule is CN(Cc1ccc(OC(F)F)cc1)C(=O)CCn1c(=O)oc2ccccc21. The Morgan fingerprint density at radius 3 is 2.59 bits per heavy atom. The highest BCUT2D eigenvalue weighted by atomic mass is 19.3. The number of aryl methyl sites for hydroxylation is 1. The van der Waals surface area contributed by atoms with Crippen molar-refractivity contribution in [1.82, 2.24) is 9.47 Å². The van der Waals surface area contributed by atoms with Crippen LogP contribution in [0.5, 0.6) is 5.75 Å². The minimum Gasteiger partial charge on any atom is -0.435 e. The Morgan fingerprint density at radius 1 is 1.19 bits per heavy atom. The van der Waals surface area contributed by atoms with Gasteiger partial charge in [-0.1, -0.05) is 24.3 Å². The first-order chi connectivity index (χ1) is 12.9. The van der Waals surface area contributed by atoms with Gasteiger partial charge in [0.1, 0.15) is 5.75 Å². The molecule has 0 spiro atoms. The number of hydrogen-bond acceptors (Lipinski definition) is 4. The monoisotopic (exact) mass is 376 g/mol. The van der Waals surface area contributed by atoms with E-state index in [1.165, 1.54) is 21.6 Å². The molecule has 0 unspecified atom stereocenters. The Kier molecular flexibility index (Phi) is 5.54. The maximum atomic E-state index is 12.4. The van der Waals surface area contributed by atoms with Gasteiger partial charge in [-0.25, -0.2) is 4.79 Å². The molecule has 0 N–H and O–H groups in total. The number of carbonyl (C=O) groups is 1. The molecule has 142 valence electrons. The lowest BCUT2D eigenvalue weighted by atomic mass is 10.2. The molecule has 0 aliphatic heterocycles. The van der Waals surface area contributed by atoms with Gasteiger partial charge in [0.15, 0.2) is 5.58 Å². The van der Waals surface area contributed by atoms with E-state index in [1.54, 1.807) is 43.4 Å². The first-order valence-electron chi connectivity index (χ1n) is 8.30. The first kappa shape index (κ1) is 18.6. The minimum atomic E-state index is -2.87. The largest absolute Gasteiger partial charge is 0.435 e. The number of benzene rings is 2. The highest BCUT2D eigenvalue weighted by Gasteiger charge is 2.13. The second-order valence-corrected chi connectivity index (χ2v) is 6.01. The lowest BCUT2D eigenvalue weighted by Crippen LogP contribution is -2.28. The summed E-state index contributed by atoms with van der Waals surface area (Å²) in [6.07, 6.45) is 0.131. The molecule has 0 radical (unpaired) electrons. The molecular weight excluding hydrogens is 358 g/mol. The molecule has 1 heterocycles. The predicted molar refractivity (Wildman–Crippen MR) is 94.6 cm³/mol. The van der Waals surface area contributed by atoms with Crippen LogP contribution in [0.4, 0.5) is 8.78 Å². The zero-order valence-electron chi connectivity index (χ0n) is 14.6. The van der Waals surface area contributed by atoms with E-state index >= 15 is 0 Å². The Balaban J connectivity index is 1.59. The van der Waals surface area contributed by atoms with Crippen LogP contribution in [0, 0.1) is 0 Å². The van der Waals surface area contributed by atoms with Crippen molar-refractivity contribution < 1.29 is 22.7 Å². The molecule has 6 nitrogen and oxygen atoms in total. The summed E-state index contributed by atoms with van der Waals surface area (Å²) in [6.45, 7) is -2.35. The van der Waals surface area contributed by atoms with Gasteiger partial charge < -0.3 is 14.1 Å². The van der Waals surface area contributed by atoms with Crippen molar-refractivity contribution in [1.29, 1.82) is 0 Å². The van der Waals surface area contributed by atoms with Crippen LogP contribution >= 0.6 is 0 Å². The van der Waals surface area contributed by atoms with Crippen molar-refractivity contribution in [3.05, 3.63) is 64.6 Å². The van der Waals surface area contributed by atoms with E-state index < -0.39 is 12.4 Å². The van der Waals surface area contributed by atoms with E-state index in [9.17, 15) is 18.4 Å². The predicted octanol–water partition coefficient (Wildman–Crippen LogP) is 3.24. The summed E-state index contributed by atoms with van der Waals surface area (Å²) in [5, 5.41) is 0. The number of para-hydroxylation sites is 2. The maximum absolute atomic E-state index is 12.4. The number of halogens is 2. The van der Waals surface area contributed by atoms with E-state index in [0.717, 1.165) is 5.56 Å². The number of oxazole rings is 1. The Hall–Kier alpha value is -3.16. The second kappa shape index (κ2) is 8.03. The Labute approximate surface area is 153 Å². The number of amides is 1. The van der Waals surface area contributed by atoms with Gasteiger partial charge in [-0.2, -0.15) is 8.78 Å². The molecule has 0 saturated carbocycles. The number of ether oxygens (including phenoxy) is 1. The van der Waals surface area contributed by atoms with Crippen LogP contribution in [0.25, 0.3) is 11.1 Å². The molecule has 0 aliphatic carbocycles. The summed E-state index contributed by atoms with van der Waals surface area (Å²) in [4.78, 5) is 25.8. The first-order valence-corrected chi connectivity index (χ1v) is 8.30. The number of hydrogen-bond donors (Lipinski definition) is 0. The van der Waals surface area contributed by atoms with Crippen LogP contribution < -0.4 is 10.5 Å². The van der Waals surface area contributed by atoms with Crippen molar-refractivity contribution >= 4 is 17.0 Å². The van der Waals surface area contributed by atoms with Crippen molar-refractivity contribution in [2.75, 3.05) is 7.05 Å². The normalized spacial score (nSPS) is 11.1. The Morgan fingerprint density at radius 2 is 1.89 bits per heavy atom. The van der Waals surface area contributed by atoms with Gasteiger partial charge in [0.25, 0.3) is 0 Å². The van der Waals surface area contributed by atoms with Crippen LogP contribution in [-0.4, -0.2) is 29.0 Å². The molecule has 2 aromatic carbocycles. The van der Waals surface area contributed by atoms with E-state index in [0.29, 0.717) is 17.6 Å². The highest BCUT2D eigenvalue weighted by molar-refractivity contribution is 5.76. The number of aromatic nitrogens is 1. The summed E-state index contributed by atoms with van der Waals surface area (Å²) in [5.74, 6) is -0.588. The van der Waals surface area contributed by atoms with Crippen molar-refractivity contribution in [2.24, 2.45) is 0 Å². The standard InChI is InChI=1S/C19H18F2N2O4/c1-22(12-13-6-8-14(9-7-13)26-18(20)21)17(24)10-11-23-15-4-2-3-5-16(15)27-19(23)25/h2-9,18H,10-12H2,1H3. The summed E-state index contributed by atoms with van der Waals surface area (Å²) in [6, 6.07) is 13.1. The van der Waals surface area contributed by atoms with Gasteiger partial charge in [-0.05, 0) is 29.8 Å². The summed E-state index contributed by atoms with van der Waals surface area (Å²) >= 11 is 0.